The average Bonchev–Trinajstić information content (AvgIpc) is 3.16. The molecule has 3 unspecified atom stereocenters. The molecule has 1 aliphatic heterocycles. The summed E-state index contributed by atoms with van der Waals surface area (Å²) in [5.74, 6) is 5.83. The Hall–Kier alpha value is -1.70. The quantitative estimate of drug-likeness (QED) is 0.795. The summed E-state index contributed by atoms with van der Waals surface area (Å²) in [4.78, 5) is 25.5. The molecule has 0 bridgehead atoms. The number of amides is 2. The zero-order valence-corrected chi connectivity index (χ0v) is 13.9. The number of piperidine rings is 1. The minimum Gasteiger partial charge on any atom is -0.444 e. The van der Waals surface area contributed by atoms with Crippen molar-refractivity contribution in [3.8, 4) is 11.8 Å². The fourth-order valence-corrected chi connectivity index (χ4v) is 3.07. The molecule has 2 rings (SSSR count). The third-order valence-corrected chi connectivity index (χ3v) is 4.11. The zero-order valence-electron chi connectivity index (χ0n) is 13.9. The Morgan fingerprint density at radius 3 is 2.68 bits per heavy atom. The van der Waals surface area contributed by atoms with Crippen LogP contribution in [0.2, 0.25) is 0 Å². The molecule has 2 amide bonds. The zero-order chi connectivity index (χ0) is 16.3. The lowest BCUT2D eigenvalue weighted by atomic mass is 9.93. The predicted octanol–water partition coefficient (Wildman–Crippen LogP) is 2.16. The summed E-state index contributed by atoms with van der Waals surface area (Å²) >= 11 is 0. The van der Waals surface area contributed by atoms with Gasteiger partial charge in [0.05, 0.1) is 0 Å². The molecule has 22 heavy (non-hydrogen) atoms. The van der Waals surface area contributed by atoms with Gasteiger partial charge in [0.1, 0.15) is 5.60 Å². The molecule has 2 aliphatic rings. The largest absolute Gasteiger partial charge is 0.444 e. The number of hydrogen-bond acceptors (Lipinski definition) is 3. The lowest BCUT2D eigenvalue weighted by Gasteiger charge is -2.34. The van der Waals surface area contributed by atoms with Gasteiger partial charge in [-0.05, 0) is 64.7 Å². The van der Waals surface area contributed by atoms with E-state index in [0.29, 0.717) is 11.8 Å². The molecule has 0 aromatic heterocycles. The van der Waals surface area contributed by atoms with Crippen molar-refractivity contribution < 1.29 is 14.3 Å². The maximum atomic E-state index is 12.2. The van der Waals surface area contributed by atoms with Gasteiger partial charge in [0.2, 0.25) is 0 Å². The third kappa shape index (κ3) is 4.66. The maximum Gasteiger partial charge on any atom is 0.410 e. The monoisotopic (exact) mass is 306 g/mol. The van der Waals surface area contributed by atoms with Crippen LogP contribution >= 0.6 is 0 Å². The minimum absolute atomic E-state index is 0.199. The third-order valence-electron chi connectivity index (χ3n) is 4.11. The summed E-state index contributed by atoms with van der Waals surface area (Å²) in [6.45, 7) is 8.79. The minimum atomic E-state index is -0.459. The molecule has 1 N–H and O–H groups in total. The Morgan fingerprint density at radius 2 is 2.05 bits per heavy atom. The average molecular weight is 306 g/mol. The first kappa shape index (κ1) is 16.7. The van der Waals surface area contributed by atoms with Gasteiger partial charge >= 0.3 is 6.09 Å². The summed E-state index contributed by atoms with van der Waals surface area (Å²) in [6, 6.07) is 0.219. The van der Waals surface area contributed by atoms with Crippen LogP contribution in [0.1, 0.15) is 47.0 Å². The molecular weight excluding hydrogens is 280 g/mol. The highest BCUT2D eigenvalue weighted by atomic mass is 16.6. The summed E-state index contributed by atoms with van der Waals surface area (Å²) in [5.41, 5.74) is -0.459. The molecule has 0 spiro atoms. The smallest absolute Gasteiger partial charge is 0.410 e. The first-order valence-corrected chi connectivity index (χ1v) is 8.01. The molecular formula is C17H26N2O3. The Labute approximate surface area is 132 Å². The van der Waals surface area contributed by atoms with Crippen LogP contribution in [-0.2, 0) is 9.53 Å². The number of rotatable bonds is 2. The lowest BCUT2D eigenvalue weighted by Crippen LogP contribution is -2.44. The molecule has 5 nitrogen and oxygen atoms in total. The van der Waals surface area contributed by atoms with E-state index < -0.39 is 5.60 Å². The number of carbonyl (C=O) groups is 2. The molecule has 0 aromatic rings. The van der Waals surface area contributed by atoms with Gasteiger partial charge in [-0.25, -0.2) is 4.79 Å². The molecule has 1 saturated carbocycles. The van der Waals surface area contributed by atoms with E-state index in [1.54, 1.807) is 6.92 Å². The van der Waals surface area contributed by atoms with Gasteiger partial charge in [-0.3, -0.25) is 4.79 Å². The van der Waals surface area contributed by atoms with Gasteiger partial charge in [-0.1, -0.05) is 5.92 Å². The lowest BCUT2D eigenvalue weighted by molar-refractivity contribution is -0.115. The number of ether oxygens (including phenoxy) is 1. The summed E-state index contributed by atoms with van der Waals surface area (Å²) < 4.78 is 5.45. The Bertz CT molecular complexity index is 498. The van der Waals surface area contributed by atoms with Gasteiger partial charge in [0, 0.05) is 19.1 Å². The van der Waals surface area contributed by atoms with Crippen LogP contribution in [-0.4, -0.2) is 41.6 Å². The van der Waals surface area contributed by atoms with Crippen molar-refractivity contribution in [2.45, 2.75) is 58.6 Å². The van der Waals surface area contributed by atoms with Crippen LogP contribution in [0.5, 0.6) is 0 Å². The number of nitrogens with one attached hydrogen (secondary N) is 1. The molecule has 1 saturated heterocycles. The van der Waals surface area contributed by atoms with Gasteiger partial charge in [0.15, 0.2) is 0 Å². The van der Waals surface area contributed by atoms with Gasteiger partial charge in [-0.15, -0.1) is 0 Å². The van der Waals surface area contributed by atoms with Crippen LogP contribution in [0.4, 0.5) is 4.79 Å². The van der Waals surface area contributed by atoms with E-state index >= 15 is 0 Å². The fourth-order valence-electron chi connectivity index (χ4n) is 3.07. The second kappa shape index (κ2) is 6.60. The molecule has 2 fully saturated rings. The van der Waals surface area contributed by atoms with E-state index in [1.807, 2.05) is 25.7 Å². The van der Waals surface area contributed by atoms with Crippen LogP contribution in [0.15, 0.2) is 0 Å². The summed E-state index contributed by atoms with van der Waals surface area (Å²) in [6.07, 6.45) is 2.87. The molecule has 5 heteroatoms. The van der Waals surface area contributed by atoms with Crippen LogP contribution < -0.4 is 5.32 Å². The number of likely N-dealkylation sites (tertiary alicyclic amines) is 1. The van der Waals surface area contributed by atoms with Crippen molar-refractivity contribution in [2.24, 2.45) is 11.8 Å². The maximum absolute atomic E-state index is 12.2. The summed E-state index contributed by atoms with van der Waals surface area (Å²) in [5, 5.41) is 2.94. The first-order valence-electron chi connectivity index (χ1n) is 8.01. The Kier molecular flexibility index (Phi) is 5.00. The molecule has 1 heterocycles. The van der Waals surface area contributed by atoms with Crippen LogP contribution in [0.3, 0.4) is 0 Å². The van der Waals surface area contributed by atoms with Gasteiger partial charge in [-0.2, -0.15) is 0 Å². The Balaban J connectivity index is 1.83. The van der Waals surface area contributed by atoms with E-state index in [-0.39, 0.29) is 18.0 Å². The second-order valence-corrected chi connectivity index (χ2v) is 7.18. The van der Waals surface area contributed by atoms with Crippen LogP contribution in [0, 0.1) is 23.7 Å². The molecule has 122 valence electrons. The molecule has 0 radical (unpaired) electrons. The number of carbonyl (C=O) groups excluding carboxylic acids is 2. The van der Waals surface area contributed by atoms with Crippen molar-refractivity contribution in [2.75, 3.05) is 13.1 Å². The SMILES string of the molecule is CC#CC(=O)NC1CC1C1CCCN(C(=O)OC(C)(C)C)C1. The molecule has 3 atom stereocenters. The molecule has 1 aliphatic carbocycles. The highest BCUT2D eigenvalue weighted by Crippen LogP contribution is 2.41. The van der Waals surface area contributed by atoms with Crippen molar-refractivity contribution in [3.05, 3.63) is 0 Å². The fraction of sp³-hybridized carbons (Fsp3) is 0.765. The van der Waals surface area contributed by atoms with E-state index in [4.69, 9.17) is 4.74 Å². The molecule has 0 aromatic carbocycles. The van der Waals surface area contributed by atoms with Crippen molar-refractivity contribution in [3.63, 3.8) is 0 Å². The predicted molar refractivity (Wildman–Crippen MR) is 84.0 cm³/mol. The van der Waals surface area contributed by atoms with Crippen molar-refractivity contribution in [1.29, 1.82) is 0 Å². The topological polar surface area (TPSA) is 58.6 Å². The van der Waals surface area contributed by atoms with Crippen molar-refractivity contribution in [1.82, 2.24) is 10.2 Å². The van der Waals surface area contributed by atoms with Crippen LogP contribution in [0.25, 0.3) is 0 Å². The van der Waals surface area contributed by atoms with Gasteiger partial charge < -0.3 is 15.0 Å². The van der Waals surface area contributed by atoms with Crippen molar-refractivity contribution >= 4 is 12.0 Å². The summed E-state index contributed by atoms with van der Waals surface area (Å²) in [7, 11) is 0. The highest BCUT2D eigenvalue weighted by Gasteiger charge is 2.45. The number of hydrogen-bond donors (Lipinski definition) is 1. The van der Waals surface area contributed by atoms with E-state index in [0.717, 1.165) is 32.4 Å². The standard InChI is InChI=1S/C17H26N2O3/c1-5-7-15(20)18-14-10-13(14)12-8-6-9-19(11-12)16(21)22-17(2,3)4/h12-14H,6,8-11H2,1-4H3,(H,18,20). The number of nitrogens with zero attached hydrogens (tertiary/aromatic N) is 1. The van der Waals surface area contributed by atoms with E-state index in [2.05, 4.69) is 17.2 Å². The Morgan fingerprint density at radius 1 is 1.32 bits per heavy atom. The first-order chi connectivity index (χ1) is 10.3. The second-order valence-electron chi connectivity index (χ2n) is 7.18. The normalized spacial score (nSPS) is 27.5. The van der Waals surface area contributed by atoms with E-state index in [9.17, 15) is 9.59 Å². The van der Waals surface area contributed by atoms with E-state index in [1.165, 1.54) is 0 Å². The highest BCUT2D eigenvalue weighted by molar-refractivity contribution is 5.93. The van der Waals surface area contributed by atoms with Gasteiger partial charge in [0.25, 0.3) is 5.91 Å².